The molecule has 0 aliphatic heterocycles. The predicted octanol–water partition coefficient (Wildman–Crippen LogP) is 5.07. The van der Waals surface area contributed by atoms with E-state index < -0.39 is 13.7 Å². The van der Waals surface area contributed by atoms with Crippen LogP contribution in [0.5, 0.6) is 0 Å². The van der Waals surface area contributed by atoms with Gasteiger partial charge in [-0.15, -0.1) is 11.6 Å². The largest absolute Gasteiger partial charge is 0.468 e. The molecule has 1 unspecified atom stereocenters. The van der Waals surface area contributed by atoms with Crippen molar-refractivity contribution in [2.45, 2.75) is 58.2 Å². The van der Waals surface area contributed by atoms with Crippen molar-refractivity contribution in [1.29, 1.82) is 0 Å². The molecule has 0 amide bonds. The number of halogens is 1. The number of ether oxygens (including phenoxy) is 1. The van der Waals surface area contributed by atoms with Crippen molar-refractivity contribution in [3.05, 3.63) is 23.8 Å². The number of carbonyl (C=O) groups excluding carboxylic acids is 1. The van der Waals surface area contributed by atoms with Crippen LogP contribution in [-0.4, -0.2) is 33.9 Å². The van der Waals surface area contributed by atoms with Gasteiger partial charge in [0.1, 0.15) is 5.41 Å². The lowest BCUT2D eigenvalue weighted by atomic mass is 9.78. The standard InChI is InChI=1S/C18H31ClO3Si/c1-17(2,3)23(5,6)22-14-15-9-7-10-18(13-15,11-8-12-19)16(20)21-4/h7,10,13H,8-9,11-12,14H2,1-6H3. The summed E-state index contributed by atoms with van der Waals surface area (Å²) in [6, 6.07) is 0. The van der Waals surface area contributed by atoms with Crippen molar-refractivity contribution >= 4 is 25.9 Å². The van der Waals surface area contributed by atoms with Crippen molar-refractivity contribution in [3.63, 3.8) is 0 Å². The number of carbonyl (C=O) groups is 1. The molecule has 3 nitrogen and oxygen atoms in total. The molecule has 0 N–H and O–H groups in total. The maximum atomic E-state index is 12.3. The van der Waals surface area contributed by atoms with Crippen molar-refractivity contribution in [2.24, 2.45) is 5.41 Å². The third kappa shape index (κ3) is 5.20. The molecule has 0 radical (unpaired) electrons. The second kappa shape index (κ2) is 7.99. The molecular formula is C18H31ClO3Si. The Balaban J connectivity index is 2.91. The molecule has 132 valence electrons. The lowest BCUT2D eigenvalue weighted by Gasteiger charge is -2.37. The van der Waals surface area contributed by atoms with Crippen LogP contribution in [0.15, 0.2) is 23.8 Å². The smallest absolute Gasteiger partial charge is 0.319 e. The van der Waals surface area contributed by atoms with E-state index in [1.54, 1.807) is 0 Å². The maximum absolute atomic E-state index is 12.3. The van der Waals surface area contributed by atoms with Crippen LogP contribution in [0.2, 0.25) is 18.1 Å². The van der Waals surface area contributed by atoms with Crippen LogP contribution in [0.3, 0.4) is 0 Å². The van der Waals surface area contributed by atoms with Crippen LogP contribution in [-0.2, 0) is 14.0 Å². The minimum atomic E-state index is -1.80. The molecule has 0 aromatic rings. The molecule has 0 fully saturated rings. The number of hydrogen-bond donors (Lipinski definition) is 0. The first-order chi connectivity index (χ1) is 10.6. The third-order valence-electron chi connectivity index (χ3n) is 4.97. The van der Waals surface area contributed by atoms with E-state index in [0.717, 1.165) is 18.4 Å². The van der Waals surface area contributed by atoms with Crippen LogP contribution in [0.25, 0.3) is 0 Å². The molecule has 0 spiro atoms. The number of alkyl halides is 1. The van der Waals surface area contributed by atoms with Crippen molar-refractivity contribution < 1.29 is 14.0 Å². The predicted molar refractivity (Wildman–Crippen MR) is 99.4 cm³/mol. The number of allylic oxidation sites excluding steroid dienone is 1. The molecule has 0 saturated carbocycles. The monoisotopic (exact) mass is 358 g/mol. The lowest BCUT2D eigenvalue weighted by Crippen LogP contribution is -2.41. The number of rotatable bonds is 7. The zero-order valence-corrected chi connectivity index (χ0v) is 17.1. The van der Waals surface area contributed by atoms with Crippen LogP contribution in [0, 0.1) is 5.41 Å². The summed E-state index contributed by atoms with van der Waals surface area (Å²) in [5.74, 6) is 0.319. The van der Waals surface area contributed by atoms with E-state index in [9.17, 15) is 4.79 Å². The van der Waals surface area contributed by atoms with Gasteiger partial charge >= 0.3 is 5.97 Å². The molecule has 0 heterocycles. The van der Waals surface area contributed by atoms with Crippen LogP contribution >= 0.6 is 11.6 Å². The highest BCUT2D eigenvalue weighted by Gasteiger charge is 2.39. The molecule has 5 heteroatoms. The summed E-state index contributed by atoms with van der Waals surface area (Å²) in [4.78, 5) is 12.3. The van der Waals surface area contributed by atoms with E-state index in [1.165, 1.54) is 7.11 Å². The highest BCUT2D eigenvalue weighted by Crippen LogP contribution is 2.39. The number of hydrogen-bond acceptors (Lipinski definition) is 3. The molecular weight excluding hydrogens is 328 g/mol. The first-order valence-electron chi connectivity index (χ1n) is 8.24. The summed E-state index contributed by atoms with van der Waals surface area (Å²) in [6.07, 6.45) is 8.32. The maximum Gasteiger partial charge on any atom is 0.319 e. The second-order valence-corrected chi connectivity index (χ2v) is 13.0. The van der Waals surface area contributed by atoms with Gasteiger partial charge in [-0.2, -0.15) is 0 Å². The quantitative estimate of drug-likeness (QED) is 0.276. The van der Waals surface area contributed by atoms with Crippen molar-refractivity contribution in [2.75, 3.05) is 19.6 Å². The summed E-state index contributed by atoms with van der Waals surface area (Å²) >= 11 is 5.82. The minimum absolute atomic E-state index is 0.177. The fourth-order valence-corrected chi connectivity index (χ4v) is 3.53. The minimum Gasteiger partial charge on any atom is -0.468 e. The Morgan fingerprint density at radius 1 is 1.39 bits per heavy atom. The zero-order valence-electron chi connectivity index (χ0n) is 15.4. The third-order valence-corrected chi connectivity index (χ3v) is 9.72. The molecule has 1 atom stereocenters. The van der Waals surface area contributed by atoms with Gasteiger partial charge in [-0.3, -0.25) is 4.79 Å². The summed E-state index contributed by atoms with van der Waals surface area (Å²) < 4.78 is 11.3. The first-order valence-corrected chi connectivity index (χ1v) is 11.7. The molecule has 1 rings (SSSR count). The summed E-state index contributed by atoms with van der Waals surface area (Å²) in [7, 11) is -0.361. The highest BCUT2D eigenvalue weighted by molar-refractivity contribution is 6.74. The number of methoxy groups -OCH3 is 1. The highest BCUT2D eigenvalue weighted by atomic mass is 35.5. The zero-order chi connectivity index (χ0) is 17.7. The fraction of sp³-hybridized carbons (Fsp3) is 0.722. The first kappa shape index (κ1) is 20.5. The van der Waals surface area contributed by atoms with Crippen LogP contribution in [0.4, 0.5) is 0 Å². The Kier molecular flexibility index (Phi) is 7.11. The van der Waals surface area contributed by atoms with E-state index in [4.69, 9.17) is 20.8 Å². The Morgan fingerprint density at radius 3 is 2.57 bits per heavy atom. The fourth-order valence-electron chi connectivity index (χ4n) is 2.42. The van der Waals surface area contributed by atoms with E-state index in [-0.39, 0.29) is 11.0 Å². The van der Waals surface area contributed by atoms with Crippen molar-refractivity contribution in [1.82, 2.24) is 0 Å². The molecule has 0 aromatic carbocycles. The molecule has 23 heavy (non-hydrogen) atoms. The van der Waals surface area contributed by atoms with E-state index in [1.807, 2.05) is 12.2 Å². The summed E-state index contributed by atoms with van der Waals surface area (Å²) in [5, 5.41) is 0.177. The van der Waals surface area contributed by atoms with Gasteiger partial charge in [-0.25, -0.2) is 0 Å². The van der Waals surface area contributed by atoms with E-state index >= 15 is 0 Å². The van der Waals surface area contributed by atoms with Gasteiger partial charge < -0.3 is 9.16 Å². The Hall–Kier alpha value is -0.583. The summed E-state index contributed by atoms with van der Waals surface area (Å²) in [5.41, 5.74) is 0.464. The number of esters is 1. The van der Waals surface area contributed by atoms with Gasteiger partial charge in [0.15, 0.2) is 8.32 Å². The second-order valence-electron chi connectivity index (χ2n) is 7.78. The van der Waals surface area contributed by atoms with Gasteiger partial charge in [0.05, 0.1) is 13.7 Å². The average Bonchev–Trinajstić information content (AvgIpc) is 2.49. The molecule has 1 aliphatic carbocycles. The normalized spacial score (nSPS) is 22.0. The van der Waals surface area contributed by atoms with Gasteiger partial charge in [0, 0.05) is 5.88 Å². The Bertz CT molecular complexity index is 477. The van der Waals surface area contributed by atoms with Crippen LogP contribution < -0.4 is 0 Å². The van der Waals surface area contributed by atoms with Crippen molar-refractivity contribution in [3.8, 4) is 0 Å². The van der Waals surface area contributed by atoms with Gasteiger partial charge in [0.2, 0.25) is 0 Å². The SMILES string of the molecule is COC(=O)C1(CCCCl)C=CCC(CO[Si](C)(C)C(C)(C)C)=C1. The van der Waals surface area contributed by atoms with E-state index in [2.05, 4.69) is 39.9 Å². The molecule has 0 saturated heterocycles. The molecule has 0 aromatic heterocycles. The van der Waals surface area contributed by atoms with E-state index in [0.29, 0.717) is 18.9 Å². The van der Waals surface area contributed by atoms with Gasteiger partial charge in [-0.05, 0) is 43.0 Å². The lowest BCUT2D eigenvalue weighted by molar-refractivity contribution is -0.147. The Morgan fingerprint density at radius 2 is 2.04 bits per heavy atom. The van der Waals surface area contributed by atoms with Gasteiger partial charge in [0.25, 0.3) is 0 Å². The average molecular weight is 359 g/mol. The van der Waals surface area contributed by atoms with Gasteiger partial charge in [-0.1, -0.05) is 39.0 Å². The Labute approximate surface area is 147 Å². The molecule has 0 bridgehead atoms. The topological polar surface area (TPSA) is 35.5 Å². The summed E-state index contributed by atoms with van der Waals surface area (Å²) in [6.45, 7) is 11.8. The molecule has 1 aliphatic rings. The van der Waals surface area contributed by atoms with Crippen LogP contribution in [0.1, 0.15) is 40.0 Å².